The normalized spacial score (nSPS) is 26.9. The monoisotopic (exact) mass is 219 g/mol. The third-order valence-corrected chi connectivity index (χ3v) is 3.52. The predicted molar refractivity (Wildman–Crippen MR) is 66.4 cm³/mol. The lowest BCUT2D eigenvalue weighted by Gasteiger charge is -2.22. The van der Waals surface area contributed by atoms with Gasteiger partial charge in [-0.25, -0.2) is 0 Å². The zero-order valence-corrected chi connectivity index (χ0v) is 10.1. The fourth-order valence-electron chi connectivity index (χ4n) is 2.41. The Bertz CT molecular complexity index is 333. The summed E-state index contributed by atoms with van der Waals surface area (Å²) in [6.45, 7) is 4.26. The molecule has 0 heterocycles. The van der Waals surface area contributed by atoms with Crippen molar-refractivity contribution in [3.8, 4) is 0 Å². The fourth-order valence-corrected chi connectivity index (χ4v) is 2.41. The molecule has 1 aliphatic carbocycles. The van der Waals surface area contributed by atoms with Crippen LogP contribution in [0.3, 0.4) is 0 Å². The van der Waals surface area contributed by atoms with Crippen molar-refractivity contribution in [3.05, 3.63) is 35.4 Å². The molecule has 88 valence electrons. The first kappa shape index (κ1) is 11.6. The van der Waals surface area contributed by atoms with Crippen LogP contribution >= 0.6 is 0 Å². The molecule has 3 atom stereocenters. The van der Waals surface area contributed by atoms with Crippen LogP contribution in [0.1, 0.15) is 43.4 Å². The fraction of sp³-hybridized carbons (Fsp3) is 0.571. The Labute approximate surface area is 97.7 Å². The van der Waals surface area contributed by atoms with Gasteiger partial charge in [0.1, 0.15) is 0 Å². The molecule has 16 heavy (non-hydrogen) atoms. The molecule has 1 aliphatic rings. The number of hydrogen-bond acceptors (Lipinski definition) is 2. The molecule has 1 aromatic rings. The van der Waals surface area contributed by atoms with Gasteiger partial charge in [0, 0.05) is 12.1 Å². The molecular formula is C14H21NO. The summed E-state index contributed by atoms with van der Waals surface area (Å²) >= 11 is 0. The highest BCUT2D eigenvalue weighted by Crippen LogP contribution is 2.22. The van der Waals surface area contributed by atoms with Crippen LogP contribution in [0, 0.1) is 6.92 Å². The maximum Gasteiger partial charge on any atom is 0.0693 e. The molecule has 0 spiro atoms. The largest absolute Gasteiger partial charge is 0.392 e. The van der Waals surface area contributed by atoms with Gasteiger partial charge >= 0.3 is 0 Å². The zero-order valence-electron chi connectivity index (χ0n) is 10.1. The Kier molecular flexibility index (Phi) is 3.62. The zero-order chi connectivity index (χ0) is 11.5. The van der Waals surface area contributed by atoms with Crippen molar-refractivity contribution < 1.29 is 5.11 Å². The molecule has 0 aliphatic heterocycles. The van der Waals surface area contributed by atoms with E-state index in [-0.39, 0.29) is 12.1 Å². The minimum atomic E-state index is -0.159. The maximum absolute atomic E-state index is 9.77. The summed E-state index contributed by atoms with van der Waals surface area (Å²) in [4.78, 5) is 0. The van der Waals surface area contributed by atoms with E-state index in [0.717, 1.165) is 19.3 Å². The van der Waals surface area contributed by atoms with Crippen molar-refractivity contribution in [2.45, 2.75) is 51.3 Å². The van der Waals surface area contributed by atoms with Crippen LogP contribution < -0.4 is 5.32 Å². The third-order valence-electron chi connectivity index (χ3n) is 3.52. The van der Waals surface area contributed by atoms with Gasteiger partial charge in [0.05, 0.1) is 6.10 Å². The summed E-state index contributed by atoms with van der Waals surface area (Å²) in [5.74, 6) is 0. The highest BCUT2D eigenvalue weighted by molar-refractivity contribution is 5.23. The molecule has 1 fully saturated rings. The summed E-state index contributed by atoms with van der Waals surface area (Å²) in [5.41, 5.74) is 2.58. The topological polar surface area (TPSA) is 32.3 Å². The lowest BCUT2D eigenvalue weighted by Crippen LogP contribution is -2.37. The molecule has 2 rings (SSSR count). The predicted octanol–water partition coefficient (Wildman–Crippen LogP) is 2.56. The van der Waals surface area contributed by atoms with E-state index in [1.165, 1.54) is 11.1 Å². The van der Waals surface area contributed by atoms with Gasteiger partial charge in [-0.2, -0.15) is 0 Å². The van der Waals surface area contributed by atoms with E-state index in [1.54, 1.807) is 0 Å². The van der Waals surface area contributed by atoms with Gasteiger partial charge in [0.2, 0.25) is 0 Å². The van der Waals surface area contributed by atoms with E-state index in [1.807, 2.05) is 0 Å². The molecule has 0 aromatic heterocycles. The highest BCUT2D eigenvalue weighted by atomic mass is 16.3. The summed E-state index contributed by atoms with van der Waals surface area (Å²) in [6.07, 6.45) is 3.02. The molecular weight excluding hydrogens is 198 g/mol. The molecule has 0 saturated heterocycles. The SMILES string of the molecule is Cc1ccc(C(C)N[C@H]2CCC[C@@H]2O)cc1. The van der Waals surface area contributed by atoms with E-state index in [0.29, 0.717) is 6.04 Å². The van der Waals surface area contributed by atoms with Gasteiger partial charge < -0.3 is 10.4 Å². The van der Waals surface area contributed by atoms with Crippen molar-refractivity contribution in [1.29, 1.82) is 0 Å². The van der Waals surface area contributed by atoms with Gasteiger partial charge in [-0.05, 0) is 38.7 Å². The number of rotatable bonds is 3. The lowest BCUT2D eigenvalue weighted by atomic mass is 10.0. The number of aliphatic hydroxyl groups is 1. The van der Waals surface area contributed by atoms with E-state index >= 15 is 0 Å². The molecule has 2 heteroatoms. The number of hydrogen-bond donors (Lipinski definition) is 2. The van der Waals surface area contributed by atoms with Crippen molar-refractivity contribution in [3.63, 3.8) is 0 Å². The number of benzene rings is 1. The van der Waals surface area contributed by atoms with Crippen LogP contribution in [0.5, 0.6) is 0 Å². The van der Waals surface area contributed by atoms with Crippen molar-refractivity contribution >= 4 is 0 Å². The molecule has 0 bridgehead atoms. The van der Waals surface area contributed by atoms with Gasteiger partial charge in [-0.15, -0.1) is 0 Å². The third kappa shape index (κ3) is 2.63. The first-order valence-electron chi connectivity index (χ1n) is 6.17. The molecule has 0 radical (unpaired) electrons. The summed E-state index contributed by atoms with van der Waals surface area (Å²) in [6, 6.07) is 9.19. The quantitative estimate of drug-likeness (QED) is 0.819. The van der Waals surface area contributed by atoms with Crippen LogP contribution in [0.4, 0.5) is 0 Å². The van der Waals surface area contributed by atoms with Crippen LogP contribution in [0.15, 0.2) is 24.3 Å². The second kappa shape index (κ2) is 4.98. The standard InChI is InChI=1S/C14H21NO/c1-10-6-8-12(9-7-10)11(2)15-13-4-3-5-14(13)16/h6-9,11,13-16H,3-5H2,1-2H3/t11?,13-,14-/m0/s1. The van der Waals surface area contributed by atoms with Crippen molar-refractivity contribution in [2.24, 2.45) is 0 Å². The van der Waals surface area contributed by atoms with Crippen LogP contribution in [0.2, 0.25) is 0 Å². The molecule has 0 amide bonds. The van der Waals surface area contributed by atoms with Gasteiger partial charge in [-0.1, -0.05) is 29.8 Å². The van der Waals surface area contributed by atoms with Crippen LogP contribution in [-0.4, -0.2) is 17.3 Å². The average molecular weight is 219 g/mol. The minimum absolute atomic E-state index is 0.159. The maximum atomic E-state index is 9.77. The molecule has 2 N–H and O–H groups in total. The van der Waals surface area contributed by atoms with Crippen molar-refractivity contribution in [2.75, 3.05) is 0 Å². The second-order valence-electron chi connectivity index (χ2n) is 4.90. The van der Waals surface area contributed by atoms with E-state index in [9.17, 15) is 5.11 Å². The first-order chi connectivity index (χ1) is 7.66. The Balaban J connectivity index is 1.97. The molecule has 1 saturated carbocycles. The van der Waals surface area contributed by atoms with Gasteiger partial charge in [0.25, 0.3) is 0 Å². The Morgan fingerprint density at radius 2 is 1.94 bits per heavy atom. The van der Waals surface area contributed by atoms with E-state index in [2.05, 4.69) is 43.4 Å². The van der Waals surface area contributed by atoms with Crippen LogP contribution in [0.25, 0.3) is 0 Å². The summed E-state index contributed by atoms with van der Waals surface area (Å²) < 4.78 is 0. The van der Waals surface area contributed by atoms with Crippen LogP contribution in [-0.2, 0) is 0 Å². The van der Waals surface area contributed by atoms with E-state index < -0.39 is 0 Å². The van der Waals surface area contributed by atoms with Gasteiger partial charge in [0.15, 0.2) is 0 Å². The second-order valence-corrected chi connectivity index (χ2v) is 4.90. The lowest BCUT2D eigenvalue weighted by molar-refractivity contribution is 0.144. The van der Waals surface area contributed by atoms with E-state index in [4.69, 9.17) is 0 Å². The number of aliphatic hydroxyl groups excluding tert-OH is 1. The smallest absolute Gasteiger partial charge is 0.0693 e. The average Bonchev–Trinajstić information content (AvgIpc) is 2.65. The highest BCUT2D eigenvalue weighted by Gasteiger charge is 2.26. The Morgan fingerprint density at radius 3 is 2.50 bits per heavy atom. The van der Waals surface area contributed by atoms with Crippen molar-refractivity contribution in [1.82, 2.24) is 5.32 Å². The van der Waals surface area contributed by atoms with Gasteiger partial charge in [-0.3, -0.25) is 0 Å². The number of nitrogens with one attached hydrogen (secondary N) is 1. The first-order valence-corrected chi connectivity index (χ1v) is 6.17. The molecule has 1 aromatic carbocycles. The molecule has 1 unspecified atom stereocenters. The molecule has 2 nitrogen and oxygen atoms in total. The summed E-state index contributed by atoms with van der Waals surface area (Å²) in [7, 11) is 0. The Morgan fingerprint density at radius 1 is 1.25 bits per heavy atom. The number of aryl methyl sites for hydroxylation is 1. The Hall–Kier alpha value is -0.860. The summed E-state index contributed by atoms with van der Waals surface area (Å²) in [5, 5.41) is 13.3. The minimum Gasteiger partial charge on any atom is -0.392 e.